The fourth-order valence-corrected chi connectivity index (χ4v) is 5.29. The quantitative estimate of drug-likeness (QED) is 0.173. The lowest BCUT2D eigenvalue weighted by atomic mass is 9.92. The Hall–Kier alpha value is -4.40. The summed E-state index contributed by atoms with van der Waals surface area (Å²) in [5, 5.41) is 12.6. The molecule has 2 aromatic carbocycles. The van der Waals surface area contributed by atoms with Crippen LogP contribution in [0.4, 0.5) is 48.6 Å². The average Bonchev–Trinajstić information content (AvgIpc) is 3.31. The smallest absolute Gasteiger partial charge is 0.351 e. The molecule has 0 radical (unpaired) electrons. The summed E-state index contributed by atoms with van der Waals surface area (Å²) in [5.41, 5.74) is 5.21. The van der Waals surface area contributed by atoms with Gasteiger partial charge in [0.15, 0.2) is 5.82 Å². The molecule has 1 saturated carbocycles. The number of hydrogen-bond acceptors (Lipinski definition) is 6. The molecule has 234 valence electrons. The minimum absolute atomic E-state index is 0.0262. The maximum atomic E-state index is 13.4. The highest BCUT2D eigenvalue weighted by molar-refractivity contribution is 6.00. The first-order valence-electron chi connectivity index (χ1n) is 13.9. The molecule has 0 atom stereocenters. The molecule has 44 heavy (non-hydrogen) atoms. The van der Waals surface area contributed by atoms with Crippen LogP contribution in [0.25, 0.3) is 22.2 Å². The monoisotopic (exact) mass is 620 g/mol. The maximum Gasteiger partial charge on any atom is 0.418 e. The summed E-state index contributed by atoms with van der Waals surface area (Å²) in [6.07, 6.45) is -3.75. The Kier molecular flexibility index (Phi) is 8.42. The van der Waals surface area contributed by atoms with Gasteiger partial charge in [-0.05, 0) is 68.0 Å². The number of nitrogens with two attached hydrogens (primary N) is 1. The number of halogens is 6. The Balaban J connectivity index is 1.36. The van der Waals surface area contributed by atoms with E-state index in [1.807, 2.05) is 24.4 Å². The van der Waals surface area contributed by atoms with Crippen LogP contribution in [0.15, 0.2) is 42.6 Å². The number of aryl methyl sites for hydroxylation is 2. The van der Waals surface area contributed by atoms with E-state index < -0.39 is 35.2 Å². The molecule has 2 heterocycles. The number of amides is 2. The summed E-state index contributed by atoms with van der Waals surface area (Å²) in [6.45, 7) is 1.99. The van der Waals surface area contributed by atoms with Crippen LogP contribution in [-0.2, 0) is 25.8 Å². The SMILES string of the molecule is CCc1cc(-c2cc(NC(=O)Nc3cc(C(F)(F)F)ccc3C(F)(F)F)nn2C)cc2cnc(N[C@H]3CC[C@H](N)CC3)nc12. The number of nitrogens with one attached hydrogen (secondary N) is 3. The minimum Gasteiger partial charge on any atom is -0.351 e. The van der Waals surface area contributed by atoms with Crippen LogP contribution in [0.3, 0.4) is 0 Å². The fourth-order valence-electron chi connectivity index (χ4n) is 5.29. The van der Waals surface area contributed by atoms with Gasteiger partial charge in [0, 0.05) is 42.3 Å². The minimum atomic E-state index is -5.00. The third kappa shape index (κ3) is 6.87. The zero-order valence-corrected chi connectivity index (χ0v) is 23.8. The normalized spacial score (nSPS) is 17.5. The molecular weight excluding hydrogens is 590 g/mol. The van der Waals surface area contributed by atoms with Gasteiger partial charge in [0.1, 0.15) is 0 Å². The van der Waals surface area contributed by atoms with Gasteiger partial charge in [-0.2, -0.15) is 31.4 Å². The lowest BCUT2D eigenvalue weighted by Crippen LogP contribution is -2.33. The number of rotatable bonds is 6. The van der Waals surface area contributed by atoms with Gasteiger partial charge in [-0.25, -0.2) is 14.8 Å². The number of benzene rings is 2. The topological polar surface area (TPSA) is 123 Å². The molecule has 1 aliphatic carbocycles. The highest BCUT2D eigenvalue weighted by atomic mass is 19.4. The van der Waals surface area contributed by atoms with Gasteiger partial charge in [0.2, 0.25) is 5.95 Å². The Morgan fingerprint density at radius 1 is 1.00 bits per heavy atom. The van der Waals surface area contributed by atoms with E-state index in [0.717, 1.165) is 47.7 Å². The molecule has 1 aliphatic rings. The van der Waals surface area contributed by atoms with Gasteiger partial charge in [0.25, 0.3) is 0 Å². The van der Waals surface area contributed by atoms with Gasteiger partial charge < -0.3 is 16.4 Å². The van der Waals surface area contributed by atoms with Crippen molar-refractivity contribution in [2.45, 2.75) is 63.5 Å². The van der Waals surface area contributed by atoms with Gasteiger partial charge in [-0.1, -0.05) is 6.92 Å². The second-order valence-corrected chi connectivity index (χ2v) is 10.7. The molecule has 9 nitrogen and oxygen atoms in total. The van der Waals surface area contributed by atoms with Crippen molar-refractivity contribution < 1.29 is 31.1 Å². The van der Waals surface area contributed by atoms with E-state index >= 15 is 0 Å². The Morgan fingerprint density at radius 2 is 1.73 bits per heavy atom. The summed E-state index contributed by atoms with van der Waals surface area (Å²) in [6, 6.07) is 5.39. The van der Waals surface area contributed by atoms with E-state index in [-0.39, 0.29) is 30.0 Å². The van der Waals surface area contributed by atoms with Crippen LogP contribution in [0.1, 0.15) is 49.3 Å². The van der Waals surface area contributed by atoms with Crippen LogP contribution in [0, 0.1) is 0 Å². The lowest BCUT2D eigenvalue weighted by Gasteiger charge is -2.26. The summed E-state index contributed by atoms with van der Waals surface area (Å²) >= 11 is 0. The molecule has 1 fully saturated rings. The van der Waals surface area contributed by atoms with Crippen molar-refractivity contribution >= 4 is 34.4 Å². The number of alkyl halides is 6. The van der Waals surface area contributed by atoms with Crippen LogP contribution in [0.5, 0.6) is 0 Å². The Bertz CT molecular complexity index is 1680. The van der Waals surface area contributed by atoms with Crippen molar-refractivity contribution in [1.82, 2.24) is 19.7 Å². The second-order valence-electron chi connectivity index (χ2n) is 10.7. The number of carbonyl (C=O) groups is 1. The van der Waals surface area contributed by atoms with Crippen molar-refractivity contribution in [2.75, 3.05) is 16.0 Å². The fraction of sp³-hybridized carbons (Fsp3) is 0.379. The largest absolute Gasteiger partial charge is 0.418 e. The number of nitrogens with zero attached hydrogens (tertiary/aromatic N) is 4. The molecule has 15 heteroatoms. The summed E-state index contributed by atoms with van der Waals surface area (Å²) < 4.78 is 81.1. The highest BCUT2D eigenvalue weighted by Crippen LogP contribution is 2.39. The van der Waals surface area contributed by atoms with Crippen molar-refractivity contribution in [1.29, 1.82) is 0 Å². The van der Waals surface area contributed by atoms with Gasteiger partial charge in [-0.3, -0.25) is 10.00 Å². The summed E-state index contributed by atoms with van der Waals surface area (Å²) in [4.78, 5) is 21.8. The first kappa shape index (κ1) is 31.0. The molecule has 2 aromatic heterocycles. The zero-order valence-electron chi connectivity index (χ0n) is 23.8. The third-order valence-electron chi connectivity index (χ3n) is 7.57. The molecule has 2 amide bonds. The summed E-state index contributed by atoms with van der Waals surface area (Å²) in [5.74, 6) is 0.509. The van der Waals surface area contributed by atoms with E-state index in [1.54, 1.807) is 13.2 Å². The number of hydrogen-bond donors (Lipinski definition) is 4. The van der Waals surface area contributed by atoms with Gasteiger partial charge in [0.05, 0.1) is 28.0 Å². The van der Waals surface area contributed by atoms with E-state index in [4.69, 9.17) is 10.7 Å². The molecular formula is C29H30F6N8O. The van der Waals surface area contributed by atoms with E-state index in [2.05, 4.69) is 20.7 Å². The standard InChI is InChI=1S/C29H30F6N8O/c1-3-15-10-16(11-17-14-37-26(41-25(15)17)38-20-7-5-19(36)6-8-20)23-13-24(42-43(23)2)40-27(44)39-22-12-18(28(30,31)32)4-9-21(22)29(33,34)35/h4,9-14,19-20H,3,5-8,36H2,1-2H3,(H,37,38,41)(H2,39,40,42,44)/t19-,20-. The molecule has 5 rings (SSSR count). The molecule has 0 bridgehead atoms. The highest BCUT2D eigenvalue weighted by Gasteiger charge is 2.37. The molecule has 0 aliphatic heterocycles. The van der Waals surface area contributed by atoms with Crippen molar-refractivity contribution in [3.05, 3.63) is 59.3 Å². The number of anilines is 3. The third-order valence-corrected chi connectivity index (χ3v) is 7.57. The maximum absolute atomic E-state index is 13.4. The second kappa shape index (κ2) is 11.9. The molecule has 0 saturated heterocycles. The van der Waals surface area contributed by atoms with Crippen molar-refractivity contribution in [3.63, 3.8) is 0 Å². The number of carbonyl (C=O) groups excluding carboxylic acids is 1. The first-order chi connectivity index (χ1) is 20.7. The summed E-state index contributed by atoms with van der Waals surface area (Å²) in [7, 11) is 1.61. The van der Waals surface area contributed by atoms with Crippen molar-refractivity contribution in [3.8, 4) is 11.3 Å². The Labute approximate surface area is 248 Å². The predicted molar refractivity (Wildman–Crippen MR) is 154 cm³/mol. The number of fused-ring (bicyclic) bond motifs is 1. The van der Waals surface area contributed by atoms with E-state index in [9.17, 15) is 31.1 Å². The number of urea groups is 1. The molecule has 5 N–H and O–H groups in total. The van der Waals surface area contributed by atoms with Crippen LogP contribution < -0.4 is 21.7 Å². The first-order valence-corrected chi connectivity index (χ1v) is 13.9. The van der Waals surface area contributed by atoms with Crippen LogP contribution in [-0.4, -0.2) is 37.9 Å². The lowest BCUT2D eigenvalue weighted by molar-refractivity contribution is -0.140. The average molecular weight is 621 g/mol. The number of aromatic nitrogens is 4. The van der Waals surface area contributed by atoms with Gasteiger partial charge >= 0.3 is 18.4 Å². The van der Waals surface area contributed by atoms with Crippen molar-refractivity contribution in [2.24, 2.45) is 12.8 Å². The van der Waals surface area contributed by atoms with E-state index in [0.29, 0.717) is 24.1 Å². The Morgan fingerprint density at radius 3 is 2.39 bits per heavy atom. The molecule has 0 spiro atoms. The molecule has 4 aromatic rings. The van der Waals surface area contributed by atoms with E-state index in [1.165, 1.54) is 10.7 Å². The van der Waals surface area contributed by atoms with Crippen LogP contribution in [0.2, 0.25) is 0 Å². The van der Waals surface area contributed by atoms with Crippen LogP contribution >= 0.6 is 0 Å². The molecule has 0 unspecified atom stereocenters. The predicted octanol–water partition coefficient (Wildman–Crippen LogP) is 6.96. The van der Waals surface area contributed by atoms with Gasteiger partial charge in [-0.15, -0.1) is 0 Å². The zero-order chi connectivity index (χ0) is 31.8.